The fourth-order valence-electron chi connectivity index (χ4n) is 3.11. The Balaban J connectivity index is 1.38. The fraction of sp³-hybridized carbons (Fsp3) is 0.105. The van der Waals surface area contributed by atoms with Crippen LogP contribution in [0.3, 0.4) is 0 Å². The van der Waals surface area contributed by atoms with E-state index in [1.54, 1.807) is 28.9 Å². The van der Waals surface area contributed by atoms with Gasteiger partial charge in [-0.1, -0.05) is 0 Å². The molecular weight excluding hydrogens is 358 g/mol. The summed E-state index contributed by atoms with van der Waals surface area (Å²) in [6.45, 7) is 0. The van der Waals surface area contributed by atoms with Gasteiger partial charge in [-0.15, -0.1) is 5.10 Å². The molecule has 0 amide bonds. The van der Waals surface area contributed by atoms with Crippen molar-refractivity contribution < 1.29 is 9.84 Å². The minimum atomic E-state index is -0.445. The highest BCUT2D eigenvalue weighted by atomic mass is 16.5. The molecule has 9 nitrogen and oxygen atoms in total. The van der Waals surface area contributed by atoms with Gasteiger partial charge in [-0.3, -0.25) is 10.1 Å². The number of phenols is 1. The van der Waals surface area contributed by atoms with E-state index in [9.17, 15) is 5.11 Å². The Labute approximate surface area is 159 Å². The molecule has 0 aliphatic carbocycles. The molecule has 4 heterocycles. The maximum absolute atomic E-state index is 9.38. The third-order valence-electron chi connectivity index (χ3n) is 4.52. The molecule has 0 saturated carbocycles. The molecular formula is C19H17N7O2. The Bertz CT molecular complexity index is 1180. The molecule has 1 aliphatic rings. The second-order valence-electron chi connectivity index (χ2n) is 6.48. The van der Waals surface area contributed by atoms with Crippen molar-refractivity contribution in [3.05, 3.63) is 60.7 Å². The van der Waals surface area contributed by atoms with Crippen LogP contribution in [0.25, 0.3) is 22.2 Å². The predicted molar refractivity (Wildman–Crippen MR) is 104 cm³/mol. The van der Waals surface area contributed by atoms with E-state index in [1.807, 2.05) is 31.8 Å². The Morgan fingerprint density at radius 2 is 2.04 bits per heavy atom. The van der Waals surface area contributed by atoms with E-state index in [0.29, 0.717) is 6.02 Å². The number of ether oxygens (including phenoxy) is 1. The molecule has 0 bridgehead atoms. The van der Waals surface area contributed by atoms with E-state index in [-0.39, 0.29) is 5.75 Å². The second-order valence-corrected chi connectivity index (χ2v) is 6.48. The first-order valence-corrected chi connectivity index (χ1v) is 8.68. The number of phenolic OH excluding ortho intramolecular Hbond substituents is 1. The van der Waals surface area contributed by atoms with E-state index in [1.165, 1.54) is 0 Å². The van der Waals surface area contributed by atoms with Crippen molar-refractivity contribution in [3.63, 3.8) is 0 Å². The first-order chi connectivity index (χ1) is 13.7. The summed E-state index contributed by atoms with van der Waals surface area (Å²) in [5.41, 5.74) is 7.39. The molecule has 28 heavy (non-hydrogen) atoms. The monoisotopic (exact) mass is 375 g/mol. The number of H-pyrrole nitrogens is 1. The van der Waals surface area contributed by atoms with Gasteiger partial charge in [0.05, 0.1) is 6.20 Å². The molecule has 1 atom stereocenters. The largest absolute Gasteiger partial charge is 0.508 e. The van der Waals surface area contributed by atoms with Crippen molar-refractivity contribution in [2.45, 2.75) is 6.23 Å². The van der Waals surface area contributed by atoms with Crippen LogP contribution < -0.4 is 10.7 Å². The predicted octanol–water partition coefficient (Wildman–Crippen LogP) is 2.67. The van der Waals surface area contributed by atoms with Gasteiger partial charge in [-0.2, -0.15) is 5.10 Å². The third-order valence-corrected chi connectivity index (χ3v) is 4.52. The van der Waals surface area contributed by atoms with Crippen LogP contribution in [0.15, 0.2) is 60.2 Å². The Morgan fingerprint density at radius 3 is 2.82 bits per heavy atom. The molecule has 0 spiro atoms. The number of amidine groups is 1. The number of nitrogens with one attached hydrogen (secondary N) is 3. The van der Waals surface area contributed by atoms with E-state index >= 15 is 0 Å². The van der Waals surface area contributed by atoms with E-state index in [0.717, 1.165) is 33.4 Å². The SMILES string of the molecule is Cn1cc(-c2cnc3[nH]cc(C4NN=C(Nc5ccc(O)cc5)O4)c3c2)cn1. The minimum absolute atomic E-state index is 0.201. The minimum Gasteiger partial charge on any atom is -0.508 e. The molecule has 1 aromatic carbocycles. The zero-order valence-electron chi connectivity index (χ0n) is 14.9. The lowest BCUT2D eigenvalue weighted by Crippen LogP contribution is -2.15. The number of hydrazone groups is 1. The van der Waals surface area contributed by atoms with Crippen LogP contribution in [0.1, 0.15) is 11.8 Å². The number of anilines is 1. The topological polar surface area (TPSA) is 112 Å². The van der Waals surface area contributed by atoms with Crippen molar-refractivity contribution >= 4 is 22.7 Å². The van der Waals surface area contributed by atoms with Crippen molar-refractivity contribution in [1.82, 2.24) is 25.2 Å². The first kappa shape index (κ1) is 16.2. The smallest absolute Gasteiger partial charge is 0.313 e. The van der Waals surface area contributed by atoms with Crippen LogP contribution in [0.2, 0.25) is 0 Å². The lowest BCUT2D eigenvalue weighted by Gasteiger charge is -2.11. The van der Waals surface area contributed by atoms with E-state index in [4.69, 9.17) is 4.74 Å². The Morgan fingerprint density at radius 1 is 1.18 bits per heavy atom. The number of fused-ring (bicyclic) bond motifs is 1. The fourth-order valence-corrected chi connectivity index (χ4v) is 3.11. The number of hydrogen-bond donors (Lipinski definition) is 4. The standard InChI is InChI=1S/C19H17N7O2/c1-26-10-12(8-22-26)11-6-15-16(9-21-17(15)20-7-11)18-24-25-19(28-18)23-13-2-4-14(27)5-3-13/h2-10,18,24,27H,1H3,(H,20,21)(H,23,25). The van der Waals surface area contributed by atoms with Crippen molar-refractivity contribution in [1.29, 1.82) is 0 Å². The number of pyridine rings is 1. The van der Waals surface area contributed by atoms with Gasteiger partial charge in [0.1, 0.15) is 11.4 Å². The molecule has 0 radical (unpaired) electrons. The number of aromatic nitrogens is 4. The van der Waals surface area contributed by atoms with Gasteiger partial charge in [-0.05, 0) is 30.3 Å². The zero-order valence-corrected chi connectivity index (χ0v) is 14.9. The van der Waals surface area contributed by atoms with Crippen LogP contribution in [-0.4, -0.2) is 30.9 Å². The molecule has 0 saturated heterocycles. The maximum Gasteiger partial charge on any atom is 0.313 e. The summed E-state index contributed by atoms with van der Waals surface area (Å²) in [6, 6.07) is 9.07. The molecule has 4 aromatic rings. The van der Waals surface area contributed by atoms with Crippen LogP contribution in [0.5, 0.6) is 5.75 Å². The normalized spacial score (nSPS) is 15.9. The number of nitrogens with zero attached hydrogens (tertiary/aromatic N) is 4. The average Bonchev–Trinajstić information content (AvgIpc) is 3.42. The van der Waals surface area contributed by atoms with Crippen LogP contribution in [-0.2, 0) is 11.8 Å². The summed E-state index contributed by atoms with van der Waals surface area (Å²) in [7, 11) is 1.88. The maximum atomic E-state index is 9.38. The molecule has 0 fully saturated rings. The highest BCUT2D eigenvalue weighted by Crippen LogP contribution is 2.30. The van der Waals surface area contributed by atoms with Crippen LogP contribution in [0, 0.1) is 0 Å². The van der Waals surface area contributed by atoms with E-state index < -0.39 is 6.23 Å². The van der Waals surface area contributed by atoms with Crippen molar-refractivity contribution in [2.24, 2.45) is 12.1 Å². The Kier molecular flexibility index (Phi) is 3.64. The van der Waals surface area contributed by atoms with Crippen LogP contribution >= 0.6 is 0 Å². The summed E-state index contributed by atoms with van der Waals surface area (Å²) < 4.78 is 7.66. The van der Waals surface area contributed by atoms with E-state index in [2.05, 4.69) is 37.0 Å². The van der Waals surface area contributed by atoms with Gasteiger partial charge in [-0.25, -0.2) is 4.98 Å². The lowest BCUT2D eigenvalue weighted by atomic mass is 10.1. The number of aromatic amines is 1. The van der Waals surface area contributed by atoms with Gasteiger partial charge < -0.3 is 20.1 Å². The average molecular weight is 375 g/mol. The summed E-state index contributed by atoms with van der Waals surface area (Å²) in [5, 5.41) is 21.8. The molecule has 3 aromatic heterocycles. The molecule has 5 rings (SSSR count). The van der Waals surface area contributed by atoms with Gasteiger partial charge in [0.25, 0.3) is 0 Å². The third kappa shape index (κ3) is 2.88. The summed E-state index contributed by atoms with van der Waals surface area (Å²) in [5.74, 6) is 0.201. The number of aryl methyl sites for hydroxylation is 1. The van der Waals surface area contributed by atoms with Gasteiger partial charge in [0, 0.05) is 53.4 Å². The Hall–Kier alpha value is -4.01. The highest BCUT2D eigenvalue weighted by Gasteiger charge is 2.24. The number of benzene rings is 1. The van der Waals surface area contributed by atoms with Gasteiger partial charge in [0.15, 0.2) is 0 Å². The molecule has 9 heteroatoms. The number of hydrogen-bond acceptors (Lipinski definition) is 7. The van der Waals surface area contributed by atoms with Crippen molar-refractivity contribution in [3.8, 4) is 16.9 Å². The molecule has 1 aliphatic heterocycles. The van der Waals surface area contributed by atoms with Gasteiger partial charge in [0.2, 0.25) is 6.23 Å². The first-order valence-electron chi connectivity index (χ1n) is 8.68. The van der Waals surface area contributed by atoms with Crippen molar-refractivity contribution in [2.75, 3.05) is 5.32 Å². The van der Waals surface area contributed by atoms with Gasteiger partial charge >= 0.3 is 6.02 Å². The zero-order chi connectivity index (χ0) is 19.1. The summed E-state index contributed by atoms with van der Waals surface area (Å²) in [4.78, 5) is 7.67. The molecule has 4 N–H and O–H groups in total. The highest BCUT2D eigenvalue weighted by molar-refractivity contribution is 5.91. The number of aromatic hydroxyl groups is 1. The molecule has 140 valence electrons. The lowest BCUT2D eigenvalue weighted by molar-refractivity contribution is 0.192. The second kappa shape index (κ2) is 6.31. The van der Waals surface area contributed by atoms with Crippen LogP contribution in [0.4, 0.5) is 5.69 Å². The quantitative estimate of drug-likeness (QED) is 0.410. The number of rotatable bonds is 3. The molecule has 1 unspecified atom stereocenters. The summed E-state index contributed by atoms with van der Waals surface area (Å²) in [6.07, 6.45) is 6.99. The summed E-state index contributed by atoms with van der Waals surface area (Å²) >= 11 is 0.